The molecule has 0 spiro atoms. The summed E-state index contributed by atoms with van der Waals surface area (Å²) in [6.45, 7) is 4.70. The minimum Gasteiger partial charge on any atom is -0.450 e. The predicted molar refractivity (Wildman–Crippen MR) is 340 cm³/mol. The van der Waals surface area contributed by atoms with Crippen molar-refractivity contribution in [3.63, 3.8) is 0 Å². The second-order valence-corrected chi connectivity index (χ2v) is 24.8. The van der Waals surface area contributed by atoms with E-state index in [-0.39, 0.29) is 95.1 Å². The summed E-state index contributed by atoms with van der Waals surface area (Å²) in [7, 11) is 0. The minimum absolute atomic E-state index is 0.107. The van der Waals surface area contributed by atoms with Crippen LogP contribution in [0.25, 0.3) is 0 Å². The van der Waals surface area contributed by atoms with E-state index in [9.17, 15) is 69.6 Å². The van der Waals surface area contributed by atoms with Gasteiger partial charge in [-0.3, -0.25) is 14.4 Å². The third kappa shape index (κ3) is 35.7. The summed E-state index contributed by atoms with van der Waals surface area (Å²) in [5.74, 6) is -0.398. The van der Waals surface area contributed by atoms with Crippen LogP contribution in [0.5, 0.6) is 0 Å². The van der Waals surface area contributed by atoms with Crippen LogP contribution in [0.1, 0.15) is 167 Å². The molecule has 0 saturated carbocycles. The van der Waals surface area contributed by atoms with Gasteiger partial charge in [-0.2, -0.15) is 0 Å². The fraction of sp³-hybridized carbons (Fsp3) is 0.903. The molecule has 0 radical (unpaired) electrons. The van der Waals surface area contributed by atoms with Crippen LogP contribution in [-0.4, -0.2) is 261 Å². The molecule has 3 fully saturated rings. The Morgan fingerprint density at radius 3 is 1.01 bits per heavy atom. The Labute approximate surface area is 553 Å². The van der Waals surface area contributed by atoms with Gasteiger partial charge >= 0.3 is 18.3 Å². The fourth-order valence-corrected chi connectivity index (χ4v) is 10.9. The van der Waals surface area contributed by atoms with E-state index in [4.69, 9.17) is 59.8 Å². The van der Waals surface area contributed by atoms with Gasteiger partial charge in [-0.1, -0.05) is 45.4 Å². The molecule has 14 atom stereocenters. The molecule has 14 unspecified atom stereocenters. The maximum absolute atomic E-state index is 12.5. The molecule has 0 aliphatic carbocycles. The lowest BCUT2D eigenvalue weighted by Crippen LogP contribution is -2.62. The molecule has 3 aliphatic rings. The predicted octanol–water partition coefficient (Wildman–Crippen LogP) is -0.740. The smallest absolute Gasteiger partial charge is 0.407 e. The van der Waals surface area contributed by atoms with E-state index in [1.165, 1.54) is 0 Å². The zero-order chi connectivity index (χ0) is 68.9. The van der Waals surface area contributed by atoms with Crippen molar-refractivity contribution in [2.75, 3.05) is 98.7 Å². The molecule has 0 bridgehead atoms. The number of unbranched alkanes of at least 4 members (excludes halogenated alkanes) is 9. The summed E-state index contributed by atoms with van der Waals surface area (Å²) in [5, 5.41) is 95.1. The summed E-state index contributed by atoms with van der Waals surface area (Å²) in [6, 6.07) is -2.74. The van der Waals surface area contributed by atoms with Crippen LogP contribution in [-0.2, 0) is 57.0 Å². The van der Waals surface area contributed by atoms with Gasteiger partial charge < -0.3 is 133 Å². The Morgan fingerprint density at radius 1 is 0.394 bits per heavy atom. The van der Waals surface area contributed by atoms with Crippen molar-refractivity contribution in [1.29, 1.82) is 0 Å². The molecule has 3 aliphatic heterocycles. The van der Waals surface area contributed by atoms with Gasteiger partial charge in [-0.05, 0) is 102 Å². The van der Waals surface area contributed by atoms with Gasteiger partial charge in [-0.25, -0.2) is 14.4 Å². The molecule has 0 aromatic heterocycles. The van der Waals surface area contributed by atoms with Gasteiger partial charge in [0, 0.05) is 65.0 Å². The van der Waals surface area contributed by atoms with Crippen LogP contribution in [0.4, 0.5) is 14.4 Å². The number of carbonyl (C=O) groups is 6. The Hall–Kier alpha value is -4.46. The van der Waals surface area contributed by atoms with Gasteiger partial charge in [0.05, 0.1) is 89.8 Å². The SMILES string of the molecule is CC(CCCOC(=O)NCCCCCCNC(=O)CCCOC1OC(CO)CC(O)C1N)(CCCOC(=O)NCCCCCCNC(=O)CCCOC1OC(CO)C(O)C(O)C1N)CCCOC(=O)NCCCCCCNC(=O)CCCOC1OC(CO)C(O)C(O)C1N. The monoisotopic (exact) mass is 1360 g/mol. The highest BCUT2D eigenvalue weighted by Crippen LogP contribution is 2.35. The van der Waals surface area contributed by atoms with E-state index >= 15 is 0 Å². The molecular weight excluding hydrogens is 1240 g/mol. The van der Waals surface area contributed by atoms with E-state index in [2.05, 4.69) is 38.8 Å². The van der Waals surface area contributed by atoms with Crippen LogP contribution in [0.15, 0.2) is 0 Å². The lowest BCUT2D eigenvalue weighted by atomic mass is 9.77. The fourth-order valence-electron chi connectivity index (χ4n) is 10.9. The van der Waals surface area contributed by atoms with Crippen LogP contribution in [0.3, 0.4) is 0 Å². The third-order valence-electron chi connectivity index (χ3n) is 16.7. The number of nitrogens with one attached hydrogen (secondary N) is 6. The average Bonchev–Trinajstić information content (AvgIpc) is 0.844. The molecular formula is C62H117N9O23. The molecule has 0 aromatic rings. The Morgan fingerprint density at radius 2 is 0.702 bits per heavy atom. The van der Waals surface area contributed by atoms with Crippen molar-refractivity contribution >= 4 is 36.0 Å². The number of nitrogens with two attached hydrogens (primary N) is 3. The molecule has 32 nitrogen and oxygen atoms in total. The first-order valence-corrected chi connectivity index (χ1v) is 34.0. The topological polar surface area (TPSA) is 498 Å². The van der Waals surface area contributed by atoms with Gasteiger partial charge in [0.15, 0.2) is 18.9 Å². The van der Waals surface area contributed by atoms with Crippen molar-refractivity contribution in [3.05, 3.63) is 0 Å². The molecule has 0 aromatic carbocycles. The number of ether oxygens (including phenoxy) is 9. The van der Waals surface area contributed by atoms with Gasteiger partial charge in [0.2, 0.25) is 17.7 Å². The lowest BCUT2D eigenvalue weighted by Gasteiger charge is -2.40. The molecule has 548 valence electrons. The Bertz CT molecular complexity index is 1970. The van der Waals surface area contributed by atoms with Crippen LogP contribution in [0, 0.1) is 5.41 Å². The number of rotatable bonds is 51. The number of hydrogen-bond acceptors (Lipinski definition) is 26. The standard InChI is InChI=1S/C62H117N9O23/c1-62(23-17-35-89-59(83)69-29-11-5-2-8-26-66-46(76)20-14-32-86-56-49(63)43(75)38-42(39-72)92-56,24-18-36-90-60(84)70-30-12-6-3-9-27-67-47(77)21-15-33-87-57-50(64)54(81)52(79)44(40-73)93-57)25-19-37-91-61(85)71-31-13-7-4-10-28-68-48(78)22-16-34-88-58-51(65)55(82)53(80)45(41-74)94-58/h42-45,49-58,72-75,79-82H,2-41,63-65H2,1H3,(H,66,76)(H,67,77)(H,68,78)(H,69,83)(H,70,84)(H,71,85). The van der Waals surface area contributed by atoms with E-state index in [0.29, 0.717) is 97.1 Å². The second kappa shape index (κ2) is 50.0. The van der Waals surface area contributed by atoms with E-state index in [0.717, 1.165) is 77.0 Å². The first-order valence-electron chi connectivity index (χ1n) is 34.0. The van der Waals surface area contributed by atoms with Crippen molar-refractivity contribution in [2.45, 2.75) is 253 Å². The van der Waals surface area contributed by atoms with Crippen LogP contribution >= 0.6 is 0 Å². The quantitative estimate of drug-likeness (QED) is 0.0263. The zero-order valence-corrected chi connectivity index (χ0v) is 55.3. The normalized spacial score (nSPS) is 25.9. The summed E-state index contributed by atoms with van der Waals surface area (Å²) >= 11 is 0. The molecule has 32 heteroatoms. The van der Waals surface area contributed by atoms with E-state index in [1.807, 2.05) is 0 Å². The number of alkyl carbamates (subject to hydrolysis) is 3. The minimum atomic E-state index is -1.33. The van der Waals surface area contributed by atoms with Gasteiger partial charge in [0.25, 0.3) is 0 Å². The summed E-state index contributed by atoms with van der Waals surface area (Å²) in [5.41, 5.74) is 17.5. The molecule has 3 heterocycles. The number of hydrogen-bond donors (Lipinski definition) is 17. The second-order valence-electron chi connectivity index (χ2n) is 24.8. The molecule has 3 rings (SSSR count). The molecule has 94 heavy (non-hydrogen) atoms. The number of aliphatic hydroxyl groups is 8. The molecule has 6 amide bonds. The Kier molecular flexibility index (Phi) is 44.5. The summed E-state index contributed by atoms with van der Waals surface area (Å²) in [6.07, 6.45) is 2.20. The van der Waals surface area contributed by atoms with Gasteiger partial charge in [0.1, 0.15) is 36.6 Å². The van der Waals surface area contributed by atoms with E-state index in [1.54, 1.807) is 0 Å². The van der Waals surface area contributed by atoms with Gasteiger partial charge in [-0.15, -0.1) is 0 Å². The largest absolute Gasteiger partial charge is 0.450 e. The number of amides is 6. The van der Waals surface area contributed by atoms with E-state index < -0.39 is 117 Å². The molecule has 20 N–H and O–H groups in total. The maximum atomic E-state index is 12.5. The van der Waals surface area contributed by atoms with Crippen molar-refractivity contribution in [3.8, 4) is 0 Å². The maximum Gasteiger partial charge on any atom is 0.407 e. The first-order chi connectivity index (χ1) is 45.2. The summed E-state index contributed by atoms with van der Waals surface area (Å²) in [4.78, 5) is 74.5. The number of aliphatic hydroxyl groups excluding tert-OH is 8. The van der Waals surface area contributed by atoms with Crippen LogP contribution in [0.2, 0.25) is 0 Å². The van der Waals surface area contributed by atoms with Crippen molar-refractivity contribution in [2.24, 2.45) is 22.6 Å². The Balaban J connectivity index is 1.26. The van der Waals surface area contributed by atoms with Crippen molar-refractivity contribution < 1.29 is 112 Å². The first kappa shape index (κ1) is 83.8. The molecule has 3 saturated heterocycles. The average molecular weight is 1360 g/mol. The highest BCUT2D eigenvalue weighted by Gasteiger charge is 2.44. The summed E-state index contributed by atoms with van der Waals surface area (Å²) < 4.78 is 49.6. The third-order valence-corrected chi connectivity index (χ3v) is 16.7. The highest BCUT2D eigenvalue weighted by molar-refractivity contribution is 5.76. The highest BCUT2D eigenvalue weighted by atomic mass is 16.7. The van der Waals surface area contributed by atoms with Crippen molar-refractivity contribution in [1.82, 2.24) is 31.9 Å². The zero-order valence-electron chi connectivity index (χ0n) is 55.3. The number of carbonyl (C=O) groups excluding carboxylic acids is 6. The lowest BCUT2D eigenvalue weighted by molar-refractivity contribution is -0.265. The van der Waals surface area contributed by atoms with Crippen LogP contribution < -0.4 is 49.1 Å².